The lowest BCUT2D eigenvalue weighted by Crippen LogP contribution is -2.04. The highest BCUT2D eigenvalue weighted by Gasteiger charge is 2.04. The van der Waals surface area contributed by atoms with Crippen molar-refractivity contribution in [2.75, 3.05) is 12.4 Å². The highest BCUT2D eigenvalue weighted by atomic mass is 16.5. The van der Waals surface area contributed by atoms with Gasteiger partial charge in [-0.25, -0.2) is 9.97 Å². The van der Waals surface area contributed by atoms with Crippen molar-refractivity contribution in [1.29, 1.82) is 0 Å². The van der Waals surface area contributed by atoms with E-state index in [0.29, 0.717) is 12.4 Å². The minimum absolute atomic E-state index is 0.569. The molecule has 0 radical (unpaired) electrons. The van der Waals surface area contributed by atoms with Crippen molar-refractivity contribution < 1.29 is 4.74 Å². The van der Waals surface area contributed by atoms with Gasteiger partial charge in [0.2, 0.25) is 5.88 Å². The molecule has 0 aliphatic heterocycles. The minimum atomic E-state index is 0.569. The summed E-state index contributed by atoms with van der Waals surface area (Å²) in [5.74, 6) is 0.571. The first-order chi connectivity index (χ1) is 9.86. The zero-order valence-corrected chi connectivity index (χ0v) is 11.1. The van der Waals surface area contributed by atoms with Crippen LogP contribution in [0.5, 0.6) is 5.88 Å². The molecule has 0 aliphatic rings. The second kappa shape index (κ2) is 5.52. The molecule has 0 atom stereocenters. The van der Waals surface area contributed by atoms with Crippen LogP contribution in [0.3, 0.4) is 0 Å². The van der Waals surface area contributed by atoms with Gasteiger partial charge in [-0.15, -0.1) is 0 Å². The van der Waals surface area contributed by atoms with Crippen molar-refractivity contribution in [2.45, 2.75) is 6.54 Å². The van der Waals surface area contributed by atoms with Crippen LogP contribution in [-0.2, 0) is 6.54 Å². The summed E-state index contributed by atoms with van der Waals surface area (Å²) in [6.45, 7) is 0.569. The lowest BCUT2D eigenvalue weighted by atomic mass is 10.3. The fraction of sp³-hybridized carbons (Fsp3) is 0.133. The summed E-state index contributed by atoms with van der Waals surface area (Å²) in [4.78, 5) is 13.1. The van der Waals surface area contributed by atoms with Crippen molar-refractivity contribution in [3.63, 3.8) is 0 Å². The van der Waals surface area contributed by atoms with E-state index in [1.54, 1.807) is 19.5 Å². The summed E-state index contributed by atoms with van der Waals surface area (Å²) in [6, 6.07) is 11.6. The molecule has 0 spiro atoms. The standard InChI is InChI=1S/C15H14N4O/c1-20-15-14(7-4-8-16-15)18-10-11-9-17-12-5-2-3-6-13(12)19-11/h2-9,18H,10H2,1H3. The van der Waals surface area contributed by atoms with E-state index >= 15 is 0 Å². The molecular formula is C15H14N4O. The Morgan fingerprint density at radius 2 is 1.90 bits per heavy atom. The number of nitrogens with zero attached hydrogens (tertiary/aromatic N) is 3. The Labute approximate surface area is 116 Å². The average Bonchev–Trinajstić information content (AvgIpc) is 2.53. The monoisotopic (exact) mass is 266 g/mol. The quantitative estimate of drug-likeness (QED) is 0.786. The molecule has 3 rings (SSSR count). The number of rotatable bonds is 4. The minimum Gasteiger partial charge on any atom is -0.480 e. The Kier molecular flexibility index (Phi) is 3.41. The first kappa shape index (κ1) is 12.3. The molecule has 5 heteroatoms. The fourth-order valence-electron chi connectivity index (χ4n) is 1.95. The number of ether oxygens (including phenoxy) is 1. The Morgan fingerprint density at radius 3 is 2.75 bits per heavy atom. The SMILES string of the molecule is COc1ncccc1NCc1cnc2ccccc2n1. The summed E-state index contributed by atoms with van der Waals surface area (Å²) in [5.41, 5.74) is 3.50. The number of fused-ring (bicyclic) bond motifs is 1. The zero-order valence-electron chi connectivity index (χ0n) is 11.1. The maximum atomic E-state index is 5.19. The van der Waals surface area contributed by atoms with Crippen LogP contribution in [0.25, 0.3) is 11.0 Å². The van der Waals surface area contributed by atoms with E-state index in [1.807, 2.05) is 36.4 Å². The highest BCUT2D eigenvalue weighted by molar-refractivity contribution is 5.73. The second-order valence-electron chi connectivity index (χ2n) is 4.26. The average molecular weight is 266 g/mol. The Balaban J connectivity index is 1.79. The van der Waals surface area contributed by atoms with Gasteiger partial charge in [0.15, 0.2) is 0 Å². The van der Waals surface area contributed by atoms with E-state index in [4.69, 9.17) is 4.74 Å². The number of pyridine rings is 1. The summed E-state index contributed by atoms with van der Waals surface area (Å²) < 4.78 is 5.19. The Hall–Kier alpha value is -2.69. The number of hydrogen-bond donors (Lipinski definition) is 1. The third-order valence-electron chi connectivity index (χ3n) is 2.92. The molecule has 5 nitrogen and oxygen atoms in total. The lowest BCUT2D eigenvalue weighted by molar-refractivity contribution is 0.399. The third kappa shape index (κ3) is 2.51. The molecule has 0 amide bonds. The number of aromatic nitrogens is 3. The molecule has 2 heterocycles. The van der Waals surface area contributed by atoms with E-state index in [-0.39, 0.29) is 0 Å². The summed E-state index contributed by atoms with van der Waals surface area (Å²) in [7, 11) is 1.60. The zero-order chi connectivity index (χ0) is 13.8. The maximum absolute atomic E-state index is 5.19. The van der Waals surface area contributed by atoms with Crippen molar-refractivity contribution in [3.05, 3.63) is 54.5 Å². The molecule has 0 bridgehead atoms. The molecule has 100 valence electrons. The van der Waals surface area contributed by atoms with E-state index in [1.165, 1.54) is 0 Å². The first-order valence-corrected chi connectivity index (χ1v) is 6.30. The van der Waals surface area contributed by atoms with Crippen LogP contribution in [-0.4, -0.2) is 22.1 Å². The lowest BCUT2D eigenvalue weighted by Gasteiger charge is -2.09. The van der Waals surface area contributed by atoms with E-state index < -0.39 is 0 Å². The van der Waals surface area contributed by atoms with Gasteiger partial charge in [0.25, 0.3) is 0 Å². The molecule has 0 aliphatic carbocycles. The van der Waals surface area contributed by atoms with Crippen LogP contribution in [0.4, 0.5) is 5.69 Å². The normalized spacial score (nSPS) is 10.4. The van der Waals surface area contributed by atoms with Gasteiger partial charge in [0.05, 0.1) is 42.3 Å². The number of anilines is 1. The van der Waals surface area contributed by atoms with Crippen LogP contribution >= 0.6 is 0 Å². The molecule has 0 fully saturated rings. The van der Waals surface area contributed by atoms with Crippen LogP contribution in [0, 0.1) is 0 Å². The van der Waals surface area contributed by atoms with E-state index in [9.17, 15) is 0 Å². The molecule has 1 aromatic carbocycles. The maximum Gasteiger partial charge on any atom is 0.237 e. The van der Waals surface area contributed by atoms with Crippen molar-refractivity contribution >= 4 is 16.7 Å². The van der Waals surface area contributed by atoms with Crippen LogP contribution < -0.4 is 10.1 Å². The molecule has 2 aromatic heterocycles. The van der Waals surface area contributed by atoms with Gasteiger partial charge < -0.3 is 10.1 Å². The van der Waals surface area contributed by atoms with E-state index in [2.05, 4.69) is 20.3 Å². The highest BCUT2D eigenvalue weighted by Crippen LogP contribution is 2.20. The molecule has 3 aromatic rings. The molecule has 0 saturated carbocycles. The van der Waals surface area contributed by atoms with Crippen LogP contribution in [0.2, 0.25) is 0 Å². The molecule has 0 saturated heterocycles. The van der Waals surface area contributed by atoms with Gasteiger partial charge in [-0.2, -0.15) is 0 Å². The second-order valence-corrected chi connectivity index (χ2v) is 4.26. The Bertz CT molecular complexity index is 730. The summed E-state index contributed by atoms with van der Waals surface area (Å²) in [6.07, 6.45) is 3.47. The number of para-hydroxylation sites is 2. The third-order valence-corrected chi connectivity index (χ3v) is 2.92. The number of benzene rings is 1. The predicted octanol–water partition coefficient (Wildman–Crippen LogP) is 2.65. The largest absolute Gasteiger partial charge is 0.480 e. The van der Waals surface area contributed by atoms with Gasteiger partial charge in [-0.3, -0.25) is 4.98 Å². The van der Waals surface area contributed by atoms with Gasteiger partial charge in [0.1, 0.15) is 0 Å². The van der Waals surface area contributed by atoms with Crippen LogP contribution in [0.1, 0.15) is 5.69 Å². The van der Waals surface area contributed by atoms with Crippen LogP contribution in [0.15, 0.2) is 48.8 Å². The van der Waals surface area contributed by atoms with Crippen molar-refractivity contribution in [3.8, 4) is 5.88 Å². The van der Waals surface area contributed by atoms with Crippen molar-refractivity contribution in [1.82, 2.24) is 15.0 Å². The van der Waals surface area contributed by atoms with E-state index in [0.717, 1.165) is 22.4 Å². The van der Waals surface area contributed by atoms with Gasteiger partial charge in [0, 0.05) is 6.20 Å². The fourth-order valence-corrected chi connectivity index (χ4v) is 1.95. The molecular weight excluding hydrogens is 252 g/mol. The number of hydrogen-bond acceptors (Lipinski definition) is 5. The molecule has 1 N–H and O–H groups in total. The number of nitrogens with one attached hydrogen (secondary N) is 1. The van der Waals surface area contributed by atoms with Crippen molar-refractivity contribution in [2.24, 2.45) is 0 Å². The topological polar surface area (TPSA) is 59.9 Å². The summed E-state index contributed by atoms with van der Waals surface area (Å²) in [5, 5.41) is 3.26. The van der Waals surface area contributed by atoms with Gasteiger partial charge >= 0.3 is 0 Å². The smallest absolute Gasteiger partial charge is 0.237 e. The van der Waals surface area contributed by atoms with Gasteiger partial charge in [-0.1, -0.05) is 12.1 Å². The van der Waals surface area contributed by atoms with Gasteiger partial charge in [-0.05, 0) is 24.3 Å². The first-order valence-electron chi connectivity index (χ1n) is 6.30. The Morgan fingerprint density at radius 1 is 1.05 bits per heavy atom. The predicted molar refractivity (Wildman–Crippen MR) is 77.7 cm³/mol. The number of methoxy groups -OCH3 is 1. The molecule has 20 heavy (non-hydrogen) atoms. The molecule has 0 unspecified atom stereocenters. The summed E-state index contributed by atoms with van der Waals surface area (Å²) >= 11 is 0.